The summed E-state index contributed by atoms with van der Waals surface area (Å²) >= 11 is 0. The van der Waals surface area contributed by atoms with E-state index in [1.54, 1.807) is 0 Å². The zero-order valence-electron chi connectivity index (χ0n) is 21.2. The third-order valence-corrected chi connectivity index (χ3v) is 5.11. The summed E-state index contributed by atoms with van der Waals surface area (Å²) in [6.45, 7) is 12.9. The lowest BCUT2D eigenvalue weighted by atomic mass is 10.1. The van der Waals surface area contributed by atoms with E-state index < -0.39 is 6.16 Å². The molecule has 7 nitrogen and oxygen atoms in total. The second-order valence-corrected chi connectivity index (χ2v) is 7.90. The highest BCUT2D eigenvalue weighted by Crippen LogP contribution is 2.13. The van der Waals surface area contributed by atoms with Crippen molar-refractivity contribution in [2.75, 3.05) is 52.9 Å². The quantitative estimate of drug-likeness (QED) is 0.130. The minimum atomic E-state index is -0.588. The van der Waals surface area contributed by atoms with E-state index >= 15 is 0 Å². The van der Waals surface area contributed by atoms with E-state index in [0.29, 0.717) is 52.9 Å². The van der Waals surface area contributed by atoms with Gasteiger partial charge in [0, 0.05) is 13.2 Å². The van der Waals surface area contributed by atoms with Crippen LogP contribution in [-0.2, 0) is 28.4 Å². The summed E-state index contributed by atoms with van der Waals surface area (Å²) in [6.07, 6.45) is 9.69. The van der Waals surface area contributed by atoms with Gasteiger partial charge < -0.3 is 28.4 Å². The maximum atomic E-state index is 11.8. The van der Waals surface area contributed by atoms with Crippen LogP contribution in [0.1, 0.15) is 91.9 Å². The number of hydrogen-bond acceptors (Lipinski definition) is 7. The van der Waals surface area contributed by atoms with Crippen molar-refractivity contribution in [3.05, 3.63) is 0 Å². The molecule has 7 heteroatoms. The second-order valence-electron chi connectivity index (χ2n) is 7.90. The van der Waals surface area contributed by atoms with E-state index in [1.807, 2.05) is 13.8 Å². The van der Waals surface area contributed by atoms with Crippen LogP contribution in [0.4, 0.5) is 4.79 Å². The predicted octanol–water partition coefficient (Wildman–Crippen LogP) is 5.92. The Bertz CT molecular complexity index is 358. The summed E-state index contributed by atoms with van der Waals surface area (Å²) in [5.41, 5.74) is 0. The average Bonchev–Trinajstić information content (AvgIpc) is 2.80. The Morgan fingerprint density at radius 3 is 1.34 bits per heavy atom. The molecule has 0 saturated carbocycles. The van der Waals surface area contributed by atoms with Gasteiger partial charge in [-0.05, 0) is 52.4 Å². The van der Waals surface area contributed by atoms with Crippen molar-refractivity contribution in [3.63, 3.8) is 0 Å². The summed E-state index contributed by atoms with van der Waals surface area (Å²) in [7, 11) is 0. The molecule has 0 fully saturated rings. The molecule has 0 aromatic heterocycles. The molecule has 0 saturated heterocycles. The zero-order valence-corrected chi connectivity index (χ0v) is 21.2. The Balaban J connectivity index is 3.90. The molecule has 0 aromatic carbocycles. The zero-order chi connectivity index (χ0) is 23.7. The summed E-state index contributed by atoms with van der Waals surface area (Å²) < 4.78 is 32.9. The SMILES string of the molecule is CCCCC(CCCOC(=O)OCCCC(CCCC)OCCOCC)OCCOCC. The van der Waals surface area contributed by atoms with Crippen molar-refractivity contribution < 1.29 is 33.2 Å². The molecule has 192 valence electrons. The van der Waals surface area contributed by atoms with E-state index in [1.165, 1.54) is 0 Å². The molecule has 0 amide bonds. The molecule has 2 atom stereocenters. The predicted molar refractivity (Wildman–Crippen MR) is 127 cm³/mol. The lowest BCUT2D eigenvalue weighted by Crippen LogP contribution is -2.19. The Kier molecular flexibility index (Phi) is 24.1. The molecule has 0 aromatic rings. The van der Waals surface area contributed by atoms with Crippen LogP contribution < -0.4 is 0 Å². The molecule has 0 bridgehead atoms. The van der Waals surface area contributed by atoms with E-state index in [0.717, 1.165) is 64.2 Å². The number of unbranched alkanes of at least 4 members (excludes halogenated alkanes) is 2. The molecule has 0 aliphatic carbocycles. The standard InChI is InChI=1S/C25H50O7/c1-5-9-13-23(29-21-19-27-7-3)15-11-17-31-25(26)32-18-12-16-24(14-10-6-2)30-22-20-28-8-4/h23-24H,5-22H2,1-4H3. The largest absolute Gasteiger partial charge is 0.508 e. The first-order chi connectivity index (χ1) is 15.7. The summed E-state index contributed by atoms with van der Waals surface area (Å²) in [5, 5.41) is 0. The van der Waals surface area contributed by atoms with Gasteiger partial charge in [-0.1, -0.05) is 39.5 Å². The van der Waals surface area contributed by atoms with Gasteiger partial charge in [-0.25, -0.2) is 4.79 Å². The normalized spacial score (nSPS) is 13.1. The van der Waals surface area contributed by atoms with E-state index in [-0.39, 0.29) is 12.2 Å². The van der Waals surface area contributed by atoms with Crippen LogP contribution in [0.5, 0.6) is 0 Å². The number of carbonyl (C=O) groups excluding carboxylic acids is 1. The molecular formula is C25H50O7. The van der Waals surface area contributed by atoms with Crippen molar-refractivity contribution in [1.29, 1.82) is 0 Å². The van der Waals surface area contributed by atoms with E-state index in [2.05, 4.69) is 13.8 Å². The summed E-state index contributed by atoms with van der Waals surface area (Å²) in [4.78, 5) is 11.8. The summed E-state index contributed by atoms with van der Waals surface area (Å²) in [5.74, 6) is 0. The fraction of sp³-hybridized carbons (Fsp3) is 0.960. The fourth-order valence-corrected chi connectivity index (χ4v) is 3.30. The van der Waals surface area contributed by atoms with Crippen molar-refractivity contribution in [3.8, 4) is 0 Å². The van der Waals surface area contributed by atoms with Crippen molar-refractivity contribution in [2.24, 2.45) is 0 Å². The van der Waals surface area contributed by atoms with Gasteiger partial charge >= 0.3 is 6.16 Å². The molecule has 0 rings (SSSR count). The lowest BCUT2D eigenvalue weighted by molar-refractivity contribution is -0.00802. The van der Waals surface area contributed by atoms with Crippen LogP contribution in [0.25, 0.3) is 0 Å². The highest BCUT2D eigenvalue weighted by atomic mass is 16.7. The molecule has 0 heterocycles. The Hall–Kier alpha value is -0.890. The van der Waals surface area contributed by atoms with Crippen LogP contribution in [-0.4, -0.2) is 71.2 Å². The third-order valence-electron chi connectivity index (χ3n) is 5.11. The molecule has 0 aliphatic heterocycles. The molecule has 0 aliphatic rings. The van der Waals surface area contributed by atoms with Crippen molar-refractivity contribution >= 4 is 6.16 Å². The highest BCUT2D eigenvalue weighted by Gasteiger charge is 2.12. The smallest absolute Gasteiger partial charge is 0.434 e. The first kappa shape index (κ1) is 31.1. The number of ether oxygens (including phenoxy) is 6. The molecule has 32 heavy (non-hydrogen) atoms. The molecule has 0 radical (unpaired) electrons. The maximum absolute atomic E-state index is 11.8. The third kappa shape index (κ3) is 21.0. The number of carbonyl (C=O) groups is 1. The summed E-state index contributed by atoms with van der Waals surface area (Å²) in [6, 6.07) is 0. The monoisotopic (exact) mass is 462 g/mol. The van der Waals surface area contributed by atoms with Gasteiger partial charge in [0.25, 0.3) is 0 Å². The number of hydrogen-bond donors (Lipinski definition) is 0. The van der Waals surface area contributed by atoms with Gasteiger partial charge in [0.15, 0.2) is 0 Å². The Morgan fingerprint density at radius 2 is 0.969 bits per heavy atom. The van der Waals surface area contributed by atoms with Crippen LogP contribution >= 0.6 is 0 Å². The van der Waals surface area contributed by atoms with Gasteiger partial charge in [-0.3, -0.25) is 0 Å². The fourth-order valence-electron chi connectivity index (χ4n) is 3.30. The Labute approximate surface area is 196 Å². The Morgan fingerprint density at radius 1 is 0.562 bits per heavy atom. The number of rotatable bonds is 24. The van der Waals surface area contributed by atoms with Gasteiger partial charge in [-0.15, -0.1) is 0 Å². The first-order valence-corrected chi connectivity index (χ1v) is 12.9. The molecule has 0 spiro atoms. The first-order valence-electron chi connectivity index (χ1n) is 12.9. The highest BCUT2D eigenvalue weighted by molar-refractivity contribution is 5.59. The minimum absolute atomic E-state index is 0.192. The minimum Gasteiger partial charge on any atom is -0.434 e. The van der Waals surface area contributed by atoms with E-state index in [4.69, 9.17) is 28.4 Å². The molecule has 0 N–H and O–H groups in total. The lowest BCUT2D eigenvalue weighted by Gasteiger charge is -2.18. The average molecular weight is 463 g/mol. The topological polar surface area (TPSA) is 72.5 Å². The van der Waals surface area contributed by atoms with Crippen LogP contribution in [0.3, 0.4) is 0 Å². The van der Waals surface area contributed by atoms with Crippen LogP contribution in [0.2, 0.25) is 0 Å². The second kappa shape index (κ2) is 24.7. The van der Waals surface area contributed by atoms with Crippen molar-refractivity contribution in [2.45, 2.75) is 104 Å². The van der Waals surface area contributed by atoms with Crippen LogP contribution in [0, 0.1) is 0 Å². The van der Waals surface area contributed by atoms with Crippen LogP contribution in [0.15, 0.2) is 0 Å². The molecule has 2 unspecified atom stereocenters. The van der Waals surface area contributed by atoms with Gasteiger partial charge in [0.1, 0.15) is 0 Å². The molecular weight excluding hydrogens is 412 g/mol. The van der Waals surface area contributed by atoms with Gasteiger partial charge in [0.2, 0.25) is 0 Å². The van der Waals surface area contributed by atoms with E-state index in [9.17, 15) is 4.79 Å². The van der Waals surface area contributed by atoms with Gasteiger partial charge in [-0.2, -0.15) is 0 Å². The maximum Gasteiger partial charge on any atom is 0.508 e. The van der Waals surface area contributed by atoms with Crippen molar-refractivity contribution in [1.82, 2.24) is 0 Å². The van der Waals surface area contributed by atoms with Gasteiger partial charge in [0.05, 0.1) is 51.8 Å².